The van der Waals surface area contributed by atoms with Crippen molar-refractivity contribution in [2.45, 2.75) is 46.5 Å². The molecule has 1 aromatic carbocycles. The van der Waals surface area contributed by atoms with Crippen molar-refractivity contribution in [1.29, 1.82) is 0 Å². The SMILES string of the molecule is Cc1ccc(OCCCC(=O)N2CCCC(C)(C(=O)O)C2)cc1C. The summed E-state index contributed by atoms with van der Waals surface area (Å²) in [5.41, 5.74) is 1.60. The van der Waals surface area contributed by atoms with E-state index in [1.165, 1.54) is 11.1 Å². The molecule has 1 N–H and O–H groups in total. The van der Waals surface area contributed by atoms with E-state index in [-0.39, 0.29) is 5.91 Å². The Kier molecular flexibility index (Phi) is 5.86. The van der Waals surface area contributed by atoms with Gasteiger partial charge in [-0.2, -0.15) is 0 Å². The molecule has 1 amide bonds. The number of hydrogen-bond acceptors (Lipinski definition) is 3. The van der Waals surface area contributed by atoms with Gasteiger partial charge in [0.2, 0.25) is 5.91 Å². The maximum atomic E-state index is 12.3. The van der Waals surface area contributed by atoms with Gasteiger partial charge in [-0.15, -0.1) is 0 Å². The molecule has 132 valence electrons. The molecule has 1 saturated heterocycles. The largest absolute Gasteiger partial charge is 0.494 e. The fraction of sp³-hybridized carbons (Fsp3) is 0.579. The molecule has 5 heteroatoms. The summed E-state index contributed by atoms with van der Waals surface area (Å²) in [6.07, 6.45) is 2.39. The van der Waals surface area contributed by atoms with Gasteiger partial charge in [0.05, 0.1) is 12.0 Å². The Labute approximate surface area is 143 Å². The Morgan fingerprint density at radius 1 is 1.29 bits per heavy atom. The van der Waals surface area contributed by atoms with Gasteiger partial charge in [0.25, 0.3) is 0 Å². The lowest BCUT2D eigenvalue weighted by Gasteiger charge is -2.37. The Balaban J connectivity index is 1.76. The molecule has 0 aliphatic carbocycles. The van der Waals surface area contributed by atoms with E-state index < -0.39 is 11.4 Å². The second-order valence-electron chi connectivity index (χ2n) is 6.98. The first-order chi connectivity index (χ1) is 11.3. The van der Waals surface area contributed by atoms with Gasteiger partial charge >= 0.3 is 5.97 Å². The van der Waals surface area contributed by atoms with Crippen LogP contribution in [0.5, 0.6) is 5.75 Å². The van der Waals surface area contributed by atoms with E-state index >= 15 is 0 Å². The van der Waals surface area contributed by atoms with Gasteiger partial charge in [0.15, 0.2) is 0 Å². The number of carboxylic acids is 1. The van der Waals surface area contributed by atoms with E-state index in [1.54, 1.807) is 11.8 Å². The van der Waals surface area contributed by atoms with Gasteiger partial charge < -0.3 is 14.7 Å². The second-order valence-corrected chi connectivity index (χ2v) is 6.98. The predicted molar refractivity (Wildman–Crippen MR) is 92.2 cm³/mol. The minimum Gasteiger partial charge on any atom is -0.494 e. The first-order valence-corrected chi connectivity index (χ1v) is 8.53. The highest BCUT2D eigenvalue weighted by atomic mass is 16.5. The summed E-state index contributed by atoms with van der Waals surface area (Å²) in [6, 6.07) is 5.96. The molecular formula is C19H27NO4. The molecule has 1 aliphatic heterocycles. The number of rotatable bonds is 6. The molecule has 0 radical (unpaired) electrons. The molecule has 0 saturated carbocycles. The van der Waals surface area contributed by atoms with Crippen LogP contribution in [-0.2, 0) is 9.59 Å². The van der Waals surface area contributed by atoms with Crippen LogP contribution >= 0.6 is 0 Å². The Morgan fingerprint density at radius 2 is 2.04 bits per heavy atom. The van der Waals surface area contributed by atoms with E-state index in [0.717, 1.165) is 12.2 Å². The van der Waals surface area contributed by atoms with Gasteiger partial charge in [-0.3, -0.25) is 9.59 Å². The number of aryl methyl sites for hydroxylation is 2. The van der Waals surface area contributed by atoms with Crippen LogP contribution in [0.15, 0.2) is 18.2 Å². The molecule has 24 heavy (non-hydrogen) atoms. The summed E-state index contributed by atoms with van der Waals surface area (Å²) in [5.74, 6) is 0.0194. The lowest BCUT2D eigenvalue weighted by atomic mass is 9.82. The zero-order chi connectivity index (χ0) is 17.7. The van der Waals surface area contributed by atoms with Crippen molar-refractivity contribution >= 4 is 11.9 Å². The lowest BCUT2D eigenvalue weighted by Crippen LogP contribution is -2.48. The van der Waals surface area contributed by atoms with Crippen molar-refractivity contribution in [3.63, 3.8) is 0 Å². The van der Waals surface area contributed by atoms with Crippen LogP contribution in [0.25, 0.3) is 0 Å². The Hall–Kier alpha value is -2.04. The summed E-state index contributed by atoms with van der Waals surface area (Å²) in [4.78, 5) is 25.3. The number of carboxylic acid groups (broad SMARTS) is 1. The monoisotopic (exact) mass is 333 g/mol. The lowest BCUT2D eigenvalue weighted by molar-refractivity contribution is -0.153. The molecule has 1 aromatic rings. The number of likely N-dealkylation sites (tertiary alicyclic amines) is 1. The van der Waals surface area contributed by atoms with E-state index in [4.69, 9.17) is 4.74 Å². The summed E-state index contributed by atoms with van der Waals surface area (Å²) in [7, 11) is 0. The Bertz CT molecular complexity index is 613. The van der Waals surface area contributed by atoms with Crippen molar-refractivity contribution in [3.8, 4) is 5.75 Å². The number of amides is 1. The third-order valence-electron chi connectivity index (χ3n) is 4.85. The third-order valence-corrected chi connectivity index (χ3v) is 4.85. The van der Waals surface area contributed by atoms with E-state index in [0.29, 0.717) is 39.0 Å². The molecule has 1 aliphatic rings. The highest BCUT2D eigenvalue weighted by Gasteiger charge is 2.39. The number of hydrogen-bond donors (Lipinski definition) is 1. The van der Waals surface area contributed by atoms with Crippen LogP contribution in [0.1, 0.15) is 43.7 Å². The first-order valence-electron chi connectivity index (χ1n) is 8.53. The van der Waals surface area contributed by atoms with Gasteiger partial charge in [0, 0.05) is 19.5 Å². The quantitative estimate of drug-likeness (QED) is 0.812. The average Bonchev–Trinajstić information content (AvgIpc) is 2.54. The smallest absolute Gasteiger partial charge is 0.311 e. The first kappa shape index (κ1) is 18.3. The molecule has 0 spiro atoms. The van der Waals surface area contributed by atoms with Crippen LogP contribution < -0.4 is 4.74 Å². The highest BCUT2D eigenvalue weighted by Crippen LogP contribution is 2.30. The fourth-order valence-corrected chi connectivity index (χ4v) is 3.00. The molecule has 1 fully saturated rings. The minimum absolute atomic E-state index is 0.0193. The number of nitrogens with zero attached hydrogens (tertiary/aromatic N) is 1. The van der Waals surface area contributed by atoms with Crippen LogP contribution in [0.3, 0.4) is 0 Å². The molecule has 0 aromatic heterocycles. The van der Waals surface area contributed by atoms with Crippen molar-refractivity contribution < 1.29 is 19.4 Å². The zero-order valence-corrected chi connectivity index (χ0v) is 14.8. The Morgan fingerprint density at radius 3 is 2.71 bits per heavy atom. The van der Waals surface area contributed by atoms with Crippen molar-refractivity contribution in [2.75, 3.05) is 19.7 Å². The van der Waals surface area contributed by atoms with Crippen molar-refractivity contribution in [2.24, 2.45) is 5.41 Å². The van der Waals surface area contributed by atoms with E-state index in [9.17, 15) is 14.7 Å². The normalized spacial score (nSPS) is 20.7. The predicted octanol–water partition coefficient (Wildman–Crippen LogP) is 3.18. The standard InChI is InChI=1S/C19H27NO4/c1-14-7-8-16(12-15(14)2)24-11-4-6-17(21)20-10-5-9-19(3,13-20)18(22)23/h7-8,12H,4-6,9-11,13H2,1-3H3,(H,22,23). The number of piperidine rings is 1. The maximum Gasteiger partial charge on any atom is 0.311 e. The topological polar surface area (TPSA) is 66.8 Å². The van der Waals surface area contributed by atoms with Gasteiger partial charge in [-0.25, -0.2) is 0 Å². The van der Waals surface area contributed by atoms with Crippen LogP contribution in [0.4, 0.5) is 0 Å². The molecule has 1 unspecified atom stereocenters. The highest BCUT2D eigenvalue weighted by molar-refractivity contribution is 5.79. The molecule has 2 rings (SSSR count). The van der Waals surface area contributed by atoms with Crippen LogP contribution in [0.2, 0.25) is 0 Å². The molecule has 0 bridgehead atoms. The van der Waals surface area contributed by atoms with Crippen molar-refractivity contribution in [3.05, 3.63) is 29.3 Å². The summed E-state index contributed by atoms with van der Waals surface area (Å²) < 4.78 is 5.69. The average molecular weight is 333 g/mol. The molecule has 1 atom stereocenters. The van der Waals surface area contributed by atoms with Crippen molar-refractivity contribution in [1.82, 2.24) is 4.90 Å². The van der Waals surface area contributed by atoms with Gasteiger partial charge in [-0.1, -0.05) is 6.07 Å². The fourth-order valence-electron chi connectivity index (χ4n) is 3.00. The van der Waals surface area contributed by atoms with E-state index in [2.05, 4.69) is 6.92 Å². The number of benzene rings is 1. The summed E-state index contributed by atoms with van der Waals surface area (Å²) in [5, 5.41) is 9.32. The third kappa shape index (κ3) is 4.49. The number of ether oxygens (including phenoxy) is 1. The van der Waals surface area contributed by atoms with Gasteiger partial charge in [0.1, 0.15) is 5.75 Å². The van der Waals surface area contributed by atoms with Crippen LogP contribution in [-0.4, -0.2) is 41.6 Å². The molecule has 5 nitrogen and oxygen atoms in total. The number of carbonyl (C=O) groups is 2. The maximum absolute atomic E-state index is 12.3. The summed E-state index contributed by atoms with van der Waals surface area (Å²) in [6.45, 7) is 7.26. The van der Waals surface area contributed by atoms with Gasteiger partial charge in [-0.05, 0) is 63.3 Å². The second kappa shape index (κ2) is 7.69. The zero-order valence-electron chi connectivity index (χ0n) is 14.8. The summed E-state index contributed by atoms with van der Waals surface area (Å²) >= 11 is 0. The molecule has 1 heterocycles. The van der Waals surface area contributed by atoms with E-state index in [1.807, 2.05) is 25.1 Å². The number of carbonyl (C=O) groups excluding carboxylic acids is 1. The molecular weight excluding hydrogens is 306 g/mol. The number of aliphatic carboxylic acids is 1. The minimum atomic E-state index is -0.821. The van der Waals surface area contributed by atoms with Crippen LogP contribution in [0, 0.1) is 19.3 Å².